The number of likely N-dealkylation sites (N-methyl/N-ethyl adjacent to an activating group) is 1. The molecule has 0 bridgehead atoms. The van der Waals surface area contributed by atoms with Crippen LogP contribution < -0.4 is 5.32 Å². The second-order valence-electron chi connectivity index (χ2n) is 5.46. The molecule has 1 aromatic carbocycles. The number of rotatable bonds is 4. The fourth-order valence-corrected chi connectivity index (χ4v) is 3.77. The summed E-state index contributed by atoms with van der Waals surface area (Å²) in [5.41, 5.74) is 1.40. The second kappa shape index (κ2) is 5.04. The molecule has 0 saturated heterocycles. The van der Waals surface area contributed by atoms with Crippen molar-refractivity contribution in [3.8, 4) is 0 Å². The minimum Gasteiger partial charge on any atom is -0.360 e. The van der Waals surface area contributed by atoms with Gasteiger partial charge in [-0.2, -0.15) is 0 Å². The maximum Gasteiger partial charge on any atom is 0.183 e. The van der Waals surface area contributed by atoms with Crippen molar-refractivity contribution in [2.45, 2.75) is 24.8 Å². The fourth-order valence-electron chi connectivity index (χ4n) is 2.58. The minimum absolute atomic E-state index is 0.332. The smallest absolute Gasteiger partial charge is 0.183 e. The summed E-state index contributed by atoms with van der Waals surface area (Å²) in [6, 6.07) is 6.26. The van der Waals surface area contributed by atoms with E-state index < -0.39 is 0 Å². The SMILES string of the molecule is CN(C)C1(CNc2nc3cc(Br)ccc3s2)CCC1. The van der Waals surface area contributed by atoms with E-state index in [0.29, 0.717) is 5.54 Å². The first-order chi connectivity index (χ1) is 9.09. The molecule has 3 rings (SSSR count). The highest BCUT2D eigenvalue weighted by Gasteiger charge is 2.38. The van der Waals surface area contributed by atoms with Crippen molar-refractivity contribution in [2.75, 3.05) is 26.0 Å². The van der Waals surface area contributed by atoms with Crippen molar-refractivity contribution >= 4 is 42.6 Å². The molecule has 1 aromatic heterocycles. The number of nitrogens with zero attached hydrogens (tertiary/aromatic N) is 2. The lowest BCUT2D eigenvalue weighted by molar-refractivity contribution is 0.0739. The van der Waals surface area contributed by atoms with Gasteiger partial charge in [-0.25, -0.2) is 4.98 Å². The van der Waals surface area contributed by atoms with E-state index in [1.54, 1.807) is 11.3 Å². The van der Waals surface area contributed by atoms with Crippen LogP contribution in [0.1, 0.15) is 19.3 Å². The maximum atomic E-state index is 4.65. The van der Waals surface area contributed by atoms with Crippen molar-refractivity contribution in [1.29, 1.82) is 0 Å². The Morgan fingerprint density at radius 3 is 2.84 bits per heavy atom. The third-order valence-electron chi connectivity index (χ3n) is 4.15. The average Bonchev–Trinajstić information content (AvgIpc) is 2.68. The van der Waals surface area contributed by atoms with Crippen LogP contribution in [0.4, 0.5) is 5.13 Å². The van der Waals surface area contributed by atoms with E-state index in [9.17, 15) is 0 Å². The van der Waals surface area contributed by atoms with Gasteiger partial charge in [0.15, 0.2) is 5.13 Å². The Balaban J connectivity index is 1.75. The third-order valence-corrected chi connectivity index (χ3v) is 5.64. The standard InChI is InChI=1S/C14H18BrN3S/c1-18(2)14(6-3-7-14)9-16-13-17-11-8-10(15)4-5-12(11)19-13/h4-5,8H,3,6-7,9H2,1-2H3,(H,16,17). The number of halogens is 1. The maximum absolute atomic E-state index is 4.65. The quantitative estimate of drug-likeness (QED) is 0.913. The first-order valence-electron chi connectivity index (χ1n) is 6.56. The normalized spacial score (nSPS) is 17.7. The van der Waals surface area contributed by atoms with Crippen LogP contribution in [-0.4, -0.2) is 36.1 Å². The predicted molar refractivity (Wildman–Crippen MR) is 86.1 cm³/mol. The van der Waals surface area contributed by atoms with Crippen LogP contribution in [0.5, 0.6) is 0 Å². The van der Waals surface area contributed by atoms with E-state index in [0.717, 1.165) is 21.7 Å². The molecule has 0 aliphatic heterocycles. The van der Waals surface area contributed by atoms with E-state index in [-0.39, 0.29) is 0 Å². The highest BCUT2D eigenvalue weighted by atomic mass is 79.9. The number of hydrogen-bond acceptors (Lipinski definition) is 4. The average molecular weight is 340 g/mol. The number of thiazole rings is 1. The highest BCUT2D eigenvalue weighted by Crippen LogP contribution is 2.37. The fraction of sp³-hybridized carbons (Fsp3) is 0.500. The minimum atomic E-state index is 0.332. The van der Waals surface area contributed by atoms with E-state index in [2.05, 4.69) is 63.4 Å². The molecule has 5 heteroatoms. The molecule has 2 aromatic rings. The lowest BCUT2D eigenvalue weighted by atomic mass is 9.75. The Kier molecular flexibility index (Phi) is 3.53. The van der Waals surface area contributed by atoms with Crippen molar-refractivity contribution in [1.82, 2.24) is 9.88 Å². The molecule has 1 fully saturated rings. The van der Waals surface area contributed by atoms with Crippen molar-refractivity contribution in [3.63, 3.8) is 0 Å². The summed E-state index contributed by atoms with van der Waals surface area (Å²) < 4.78 is 2.32. The van der Waals surface area contributed by atoms with Gasteiger partial charge < -0.3 is 10.2 Å². The van der Waals surface area contributed by atoms with Gasteiger partial charge in [0, 0.05) is 16.6 Å². The zero-order valence-corrected chi connectivity index (χ0v) is 13.6. The van der Waals surface area contributed by atoms with Crippen LogP contribution in [0.25, 0.3) is 10.2 Å². The first-order valence-corrected chi connectivity index (χ1v) is 8.17. The van der Waals surface area contributed by atoms with E-state index >= 15 is 0 Å². The molecule has 1 N–H and O–H groups in total. The third kappa shape index (κ3) is 2.51. The molecular weight excluding hydrogens is 322 g/mol. The number of hydrogen-bond donors (Lipinski definition) is 1. The number of benzene rings is 1. The van der Waals surface area contributed by atoms with Crippen LogP contribution in [0.3, 0.4) is 0 Å². The van der Waals surface area contributed by atoms with Crippen molar-refractivity contribution in [2.24, 2.45) is 0 Å². The van der Waals surface area contributed by atoms with Gasteiger partial charge in [0.1, 0.15) is 0 Å². The monoisotopic (exact) mass is 339 g/mol. The zero-order valence-electron chi connectivity index (χ0n) is 11.2. The molecule has 0 spiro atoms. The van der Waals surface area contributed by atoms with E-state index in [1.807, 2.05) is 0 Å². The van der Waals surface area contributed by atoms with Crippen molar-refractivity contribution < 1.29 is 0 Å². The summed E-state index contributed by atoms with van der Waals surface area (Å²) in [6.45, 7) is 0.987. The van der Waals surface area contributed by atoms with Crippen LogP contribution in [0.15, 0.2) is 22.7 Å². The van der Waals surface area contributed by atoms with Gasteiger partial charge in [-0.05, 0) is 51.6 Å². The highest BCUT2D eigenvalue weighted by molar-refractivity contribution is 9.10. The lowest BCUT2D eigenvalue weighted by Gasteiger charge is -2.47. The van der Waals surface area contributed by atoms with Gasteiger partial charge in [-0.3, -0.25) is 0 Å². The van der Waals surface area contributed by atoms with Gasteiger partial charge in [0.25, 0.3) is 0 Å². The molecule has 3 nitrogen and oxygen atoms in total. The summed E-state index contributed by atoms with van der Waals surface area (Å²) in [5.74, 6) is 0. The van der Waals surface area contributed by atoms with Crippen molar-refractivity contribution in [3.05, 3.63) is 22.7 Å². The largest absolute Gasteiger partial charge is 0.360 e. The summed E-state index contributed by atoms with van der Waals surface area (Å²) in [4.78, 5) is 7.01. The lowest BCUT2D eigenvalue weighted by Crippen LogP contribution is -2.54. The van der Waals surface area contributed by atoms with Crippen LogP contribution in [-0.2, 0) is 0 Å². The number of anilines is 1. The number of nitrogens with one attached hydrogen (secondary N) is 1. The van der Waals surface area contributed by atoms with Gasteiger partial charge in [-0.15, -0.1) is 0 Å². The Bertz CT molecular complexity index is 589. The van der Waals surface area contributed by atoms with E-state index in [4.69, 9.17) is 0 Å². The molecular formula is C14H18BrN3S. The first kappa shape index (κ1) is 13.3. The Labute approximate surface area is 126 Å². The molecule has 1 heterocycles. The zero-order chi connectivity index (χ0) is 13.5. The molecule has 0 amide bonds. The summed E-state index contributed by atoms with van der Waals surface area (Å²) >= 11 is 5.22. The van der Waals surface area contributed by atoms with Gasteiger partial charge >= 0.3 is 0 Å². The molecule has 1 saturated carbocycles. The topological polar surface area (TPSA) is 28.2 Å². The summed E-state index contributed by atoms with van der Waals surface area (Å²) in [7, 11) is 4.35. The van der Waals surface area contributed by atoms with Crippen LogP contribution >= 0.6 is 27.3 Å². The Morgan fingerprint density at radius 2 is 2.21 bits per heavy atom. The van der Waals surface area contributed by atoms with Gasteiger partial charge in [0.05, 0.1) is 10.2 Å². The number of aromatic nitrogens is 1. The molecule has 102 valence electrons. The van der Waals surface area contributed by atoms with Gasteiger partial charge in [0.2, 0.25) is 0 Å². The molecule has 0 atom stereocenters. The van der Waals surface area contributed by atoms with Gasteiger partial charge in [-0.1, -0.05) is 27.3 Å². The Morgan fingerprint density at radius 1 is 1.42 bits per heavy atom. The van der Waals surface area contributed by atoms with E-state index in [1.165, 1.54) is 24.0 Å². The Hall–Kier alpha value is -0.650. The summed E-state index contributed by atoms with van der Waals surface area (Å²) in [5, 5.41) is 4.56. The molecule has 1 aliphatic rings. The van der Waals surface area contributed by atoms with Crippen LogP contribution in [0, 0.1) is 0 Å². The van der Waals surface area contributed by atoms with Crippen LogP contribution in [0.2, 0.25) is 0 Å². The second-order valence-corrected chi connectivity index (χ2v) is 7.40. The molecule has 0 radical (unpaired) electrons. The summed E-state index contributed by atoms with van der Waals surface area (Å²) in [6.07, 6.45) is 3.90. The number of fused-ring (bicyclic) bond motifs is 1. The molecule has 0 unspecified atom stereocenters. The molecule has 19 heavy (non-hydrogen) atoms. The molecule has 1 aliphatic carbocycles. The predicted octanol–water partition coefficient (Wildman–Crippen LogP) is 3.96.